The quantitative estimate of drug-likeness (QED) is 0.681. The van der Waals surface area contributed by atoms with Crippen molar-refractivity contribution in [1.29, 1.82) is 0 Å². The summed E-state index contributed by atoms with van der Waals surface area (Å²) in [6, 6.07) is 3.76. The van der Waals surface area contributed by atoms with Crippen LogP contribution in [0.1, 0.15) is 5.56 Å². The van der Waals surface area contributed by atoms with Gasteiger partial charge in [-0.3, -0.25) is 4.79 Å². The summed E-state index contributed by atoms with van der Waals surface area (Å²) in [5.41, 5.74) is 2.10. The van der Waals surface area contributed by atoms with Gasteiger partial charge in [-0.25, -0.2) is 4.98 Å². The van der Waals surface area contributed by atoms with Crippen molar-refractivity contribution in [3.05, 3.63) is 40.6 Å². The highest BCUT2D eigenvalue weighted by Crippen LogP contribution is 2.14. The molecule has 0 aliphatic rings. The van der Waals surface area contributed by atoms with Gasteiger partial charge in [-0.2, -0.15) is 0 Å². The van der Waals surface area contributed by atoms with Gasteiger partial charge in [-0.05, 0) is 19.1 Å². The minimum absolute atomic E-state index is 0.0976. The molecular formula is C9H9N3O. The van der Waals surface area contributed by atoms with E-state index in [2.05, 4.69) is 15.0 Å². The van der Waals surface area contributed by atoms with E-state index in [0.29, 0.717) is 11.3 Å². The molecule has 0 saturated carbocycles. The number of rotatable bonds is 1. The van der Waals surface area contributed by atoms with E-state index in [4.69, 9.17) is 0 Å². The molecule has 0 aliphatic carbocycles. The molecule has 2 N–H and O–H groups in total. The summed E-state index contributed by atoms with van der Waals surface area (Å²) >= 11 is 0. The number of aromatic amines is 2. The lowest BCUT2D eigenvalue weighted by Gasteiger charge is -1.99. The van der Waals surface area contributed by atoms with Crippen LogP contribution < -0.4 is 5.56 Å². The Morgan fingerprint density at radius 1 is 1.38 bits per heavy atom. The summed E-state index contributed by atoms with van der Waals surface area (Å²) in [6.45, 7) is 1.75. The molecule has 4 heteroatoms. The third-order valence-electron chi connectivity index (χ3n) is 1.94. The van der Waals surface area contributed by atoms with E-state index in [1.165, 1.54) is 6.33 Å². The predicted molar refractivity (Wildman–Crippen MR) is 49.4 cm³/mol. The average Bonchev–Trinajstić information content (AvgIpc) is 2.62. The molecule has 66 valence electrons. The molecule has 0 saturated heterocycles. The molecule has 0 aromatic carbocycles. The van der Waals surface area contributed by atoms with Crippen LogP contribution in [0, 0.1) is 6.92 Å². The number of nitrogens with one attached hydrogen (secondary N) is 2. The Morgan fingerprint density at radius 2 is 2.23 bits per heavy atom. The van der Waals surface area contributed by atoms with Crippen molar-refractivity contribution in [2.24, 2.45) is 0 Å². The fourth-order valence-corrected chi connectivity index (χ4v) is 1.22. The maximum Gasteiger partial charge on any atom is 0.254 e. The lowest BCUT2D eigenvalue weighted by Crippen LogP contribution is -2.11. The first-order valence-corrected chi connectivity index (χ1v) is 3.97. The Kier molecular flexibility index (Phi) is 1.73. The van der Waals surface area contributed by atoms with Crippen LogP contribution >= 0.6 is 0 Å². The molecule has 0 fully saturated rings. The van der Waals surface area contributed by atoms with Gasteiger partial charge in [0, 0.05) is 11.8 Å². The zero-order valence-corrected chi connectivity index (χ0v) is 7.16. The summed E-state index contributed by atoms with van der Waals surface area (Å²) in [6.07, 6.45) is 3.21. The lowest BCUT2D eigenvalue weighted by molar-refractivity contribution is 1.07. The molecule has 0 unspecified atom stereocenters. The Hall–Kier alpha value is -1.84. The molecule has 2 heterocycles. The maximum absolute atomic E-state index is 11.2. The van der Waals surface area contributed by atoms with E-state index < -0.39 is 0 Å². The second-order valence-corrected chi connectivity index (χ2v) is 2.79. The summed E-state index contributed by atoms with van der Waals surface area (Å²) in [5, 5.41) is 0. The second kappa shape index (κ2) is 2.90. The van der Waals surface area contributed by atoms with Gasteiger partial charge in [0.2, 0.25) is 0 Å². The zero-order valence-electron chi connectivity index (χ0n) is 7.16. The van der Waals surface area contributed by atoms with E-state index in [1.54, 1.807) is 13.1 Å². The van der Waals surface area contributed by atoms with E-state index in [9.17, 15) is 4.79 Å². The highest BCUT2D eigenvalue weighted by molar-refractivity contribution is 5.57. The molecule has 0 bridgehead atoms. The first kappa shape index (κ1) is 7.79. The van der Waals surface area contributed by atoms with Crippen LogP contribution in [0.25, 0.3) is 11.4 Å². The Morgan fingerprint density at radius 3 is 2.92 bits per heavy atom. The van der Waals surface area contributed by atoms with Crippen molar-refractivity contribution in [3.63, 3.8) is 0 Å². The Labute approximate surface area is 74.7 Å². The number of hydrogen-bond donors (Lipinski definition) is 2. The van der Waals surface area contributed by atoms with Crippen LogP contribution in [0.15, 0.2) is 29.5 Å². The van der Waals surface area contributed by atoms with Crippen molar-refractivity contribution in [3.8, 4) is 11.4 Å². The summed E-state index contributed by atoms with van der Waals surface area (Å²) in [7, 11) is 0. The largest absolute Gasteiger partial charge is 0.360 e. The first-order valence-electron chi connectivity index (χ1n) is 3.97. The standard InChI is InChI=1S/C9H9N3O/c1-6-8(7-3-2-4-10-7)11-5-12-9(6)13/h2-5,10H,1H3,(H,11,12,13). The minimum Gasteiger partial charge on any atom is -0.360 e. The number of H-pyrrole nitrogens is 2. The second-order valence-electron chi connectivity index (χ2n) is 2.79. The molecule has 2 rings (SSSR count). The molecule has 2 aromatic rings. The minimum atomic E-state index is -0.0976. The van der Waals surface area contributed by atoms with Gasteiger partial charge < -0.3 is 9.97 Å². The molecule has 0 spiro atoms. The van der Waals surface area contributed by atoms with Crippen LogP contribution in [-0.4, -0.2) is 15.0 Å². The number of hydrogen-bond acceptors (Lipinski definition) is 2. The van der Waals surface area contributed by atoms with E-state index >= 15 is 0 Å². The molecule has 4 nitrogen and oxygen atoms in total. The van der Waals surface area contributed by atoms with E-state index in [1.807, 2.05) is 12.1 Å². The Balaban J connectivity index is 2.66. The molecular weight excluding hydrogens is 166 g/mol. The van der Waals surface area contributed by atoms with Crippen molar-refractivity contribution >= 4 is 0 Å². The van der Waals surface area contributed by atoms with Gasteiger partial charge in [0.15, 0.2) is 0 Å². The third kappa shape index (κ3) is 1.26. The maximum atomic E-state index is 11.2. The fraction of sp³-hybridized carbons (Fsp3) is 0.111. The highest BCUT2D eigenvalue weighted by Gasteiger charge is 2.05. The monoisotopic (exact) mass is 175 g/mol. The van der Waals surface area contributed by atoms with Crippen molar-refractivity contribution < 1.29 is 0 Å². The summed E-state index contributed by atoms with van der Waals surface area (Å²) in [4.78, 5) is 20.8. The number of aromatic nitrogens is 3. The van der Waals surface area contributed by atoms with E-state index in [-0.39, 0.29) is 5.56 Å². The number of nitrogens with zero attached hydrogens (tertiary/aromatic N) is 1. The van der Waals surface area contributed by atoms with Crippen LogP contribution in [0.2, 0.25) is 0 Å². The summed E-state index contributed by atoms with van der Waals surface area (Å²) in [5.74, 6) is 0. The van der Waals surface area contributed by atoms with Crippen LogP contribution in [-0.2, 0) is 0 Å². The smallest absolute Gasteiger partial charge is 0.254 e. The molecule has 2 aromatic heterocycles. The highest BCUT2D eigenvalue weighted by atomic mass is 16.1. The van der Waals surface area contributed by atoms with Gasteiger partial charge in [-0.1, -0.05) is 0 Å². The third-order valence-corrected chi connectivity index (χ3v) is 1.94. The average molecular weight is 175 g/mol. The molecule has 0 aliphatic heterocycles. The van der Waals surface area contributed by atoms with Crippen LogP contribution in [0.4, 0.5) is 0 Å². The van der Waals surface area contributed by atoms with Crippen molar-refractivity contribution in [2.45, 2.75) is 6.92 Å². The van der Waals surface area contributed by atoms with Gasteiger partial charge in [0.25, 0.3) is 5.56 Å². The molecule has 0 atom stereocenters. The van der Waals surface area contributed by atoms with Crippen molar-refractivity contribution in [1.82, 2.24) is 15.0 Å². The van der Waals surface area contributed by atoms with Crippen LogP contribution in [0.3, 0.4) is 0 Å². The topological polar surface area (TPSA) is 61.5 Å². The first-order chi connectivity index (χ1) is 6.29. The molecule has 0 radical (unpaired) electrons. The van der Waals surface area contributed by atoms with Gasteiger partial charge in [0.05, 0.1) is 17.7 Å². The van der Waals surface area contributed by atoms with Crippen LogP contribution in [0.5, 0.6) is 0 Å². The predicted octanol–water partition coefficient (Wildman–Crippen LogP) is 1.07. The zero-order chi connectivity index (χ0) is 9.26. The van der Waals surface area contributed by atoms with Gasteiger partial charge in [-0.15, -0.1) is 0 Å². The normalized spacial score (nSPS) is 10.2. The fourth-order valence-electron chi connectivity index (χ4n) is 1.22. The Bertz CT molecular complexity index is 456. The van der Waals surface area contributed by atoms with Gasteiger partial charge >= 0.3 is 0 Å². The summed E-state index contributed by atoms with van der Waals surface area (Å²) < 4.78 is 0. The van der Waals surface area contributed by atoms with E-state index in [0.717, 1.165) is 5.69 Å². The molecule has 13 heavy (non-hydrogen) atoms. The van der Waals surface area contributed by atoms with Gasteiger partial charge in [0.1, 0.15) is 0 Å². The SMILES string of the molecule is Cc1c(-c2ccc[nH]2)nc[nH]c1=O. The molecule has 0 amide bonds. The lowest BCUT2D eigenvalue weighted by atomic mass is 10.2. The van der Waals surface area contributed by atoms with Crippen molar-refractivity contribution in [2.75, 3.05) is 0 Å².